The van der Waals surface area contributed by atoms with E-state index in [4.69, 9.17) is 19.4 Å². The van der Waals surface area contributed by atoms with Gasteiger partial charge in [-0.25, -0.2) is 15.0 Å². The summed E-state index contributed by atoms with van der Waals surface area (Å²) in [4.78, 5) is 16.2. The number of fused-ring (bicyclic) bond motifs is 6. The van der Waals surface area contributed by atoms with Crippen LogP contribution in [0, 0.1) is 0 Å². The fourth-order valence-electron chi connectivity index (χ4n) is 9.59. The molecule has 0 atom stereocenters. The van der Waals surface area contributed by atoms with Crippen LogP contribution in [-0.4, -0.2) is 98.0 Å². The lowest BCUT2D eigenvalue weighted by molar-refractivity contribution is 0.669. The molecule has 7 aromatic carbocycles. The molecule has 3 aromatic heterocycles. The van der Waals surface area contributed by atoms with Crippen LogP contribution in [-0.2, 0) is 0 Å². The Balaban J connectivity index is 1.21. The van der Waals surface area contributed by atoms with Crippen molar-refractivity contribution in [3.05, 3.63) is 109 Å². The highest BCUT2D eigenvalue weighted by Crippen LogP contribution is 2.40. The average molecular weight is 759 g/mol. The largest absolute Gasteiger partial charge is 0.456 e. The molecule has 10 rings (SSSR count). The summed E-state index contributed by atoms with van der Waals surface area (Å²) in [5.74, 6) is 2.02. The summed E-state index contributed by atoms with van der Waals surface area (Å²) in [6.45, 7) is 0. The minimum Gasteiger partial charge on any atom is -0.456 e. The van der Waals surface area contributed by atoms with Crippen molar-refractivity contribution in [2.45, 2.75) is 0 Å². The third-order valence-corrected chi connectivity index (χ3v) is 13.8. The molecule has 274 valence electrons. The SMILES string of the molecule is Bc1c(B)c(B)c(-c2nc(-c3c(B)c(B)c(B)c(B)c3B)nc(-c3cccc4oc5ccc(-c6ccc7c(c6)c6ccccc6n7-c6ccccc6)cc5c34)n2)c(B)c1B. The topological polar surface area (TPSA) is 56.7 Å². The van der Waals surface area contributed by atoms with Crippen molar-refractivity contribution >= 4 is 177 Å². The molecule has 0 amide bonds. The maximum atomic E-state index is 6.61. The molecule has 3 heterocycles. The van der Waals surface area contributed by atoms with Gasteiger partial charge >= 0.3 is 0 Å². The summed E-state index contributed by atoms with van der Waals surface area (Å²) in [6, 6.07) is 38.9. The first-order valence-corrected chi connectivity index (χ1v) is 20.9. The van der Waals surface area contributed by atoms with E-state index in [0.29, 0.717) is 17.5 Å². The van der Waals surface area contributed by atoms with Crippen molar-refractivity contribution in [1.29, 1.82) is 0 Å². The van der Waals surface area contributed by atoms with E-state index in [1.807, 2.05) is 12.1 Å². The maximum absolute atomic E-state index is 6.61. The first-order chi connectivity index (χ1) is 28.9. The lowest BCUT2D eigenvalue weighted by atomic mass is 9.60. The molecule has 0 unspecified atom stereocenters. The molecule has 0 saturated carbocycles. The molecule has 15 heteroatoms. The highest BCUT2D eigenvalue weighted by atomic mass is 16.3. The van der Waals surface area contributed by atoms with Gasteiger partial charge in [0.15, 0.2) is 17.5 Å². The van der Waals surface area contributed by atoms with E-state index in [0.717, 1.165) is 55.4 Å². The number of furan rings is 1. The number of benzene rings is 7. The third-order valence-electron chi connectivity index (χ3n) is 13.8. The Morgan fingerprint density at radius 2 is 0.883 bits per heavy atom. The number of rotatable bonds is 5. The Bertz CT molecular complexity index is 3310. The fourth-order valence-corrected chi connectivity index (χ4v) is 9.59. The smallest absolute Gasteiger partial charge is 0.164 e. The first kappa shape index (κ1) is 38.0. The molecule has 10 aromatic rings. The average Bonchev–Trinajstić information content (AvgIpc) is 3.82. The molecule has 0 aliphatic heterocycles. The maximum Gasteiger partial charge on any atom is 0.164 e. The number of hydrogen-bond acceptors (Lipinski definition) is 4. The van der Waals surface area contributed by atoms with E-state index in [2.05, 4.69) is 180 Å². The van der Waals surface area contributed by atoms with Crippen molar-refractivity contribution in [3.8, 4) is 51.0 Å². The lowest BCUT2D eigenvalue weighted by Gasteiger charge is -2.22. The van der Waals surface area contributed by atoms with Gasteiger partial charge in [-0.2, -0.15) is 0 Å². The first-order valence-electron chi connectivity index (χ1n) is 20.9. The van der Waals surface area contributed by atoms with Gasteiger partial charge in [-0.3, -0.25) is 0 Å². The van der Waals surface area contributed by atoms with Crippen LogP contribution in [0.25, 0.3) is 94.7 Å². The summed E-state index contributed by atoms with van der Waals surface area (Å²) >= 11 is 0. The highest BCUT2D eigenvalue weighted by Gasteiger charge is 2.24. The zero-order chi connectivity index (χ0) is 41.7. The predicted molar refractivity (Wildman–Crippen MR) is 285 cm³/mol. The van der Waals surface area contributed by atoms with E-state index in [1.165, 1.54) is 76.4 Å². The van der Waals surface area contributed by atoms with Crippen molar-refractivity contribution in [2.75, 3.05) is 0 Å². The minimum absolute atomic E-state index is 0.633. The molecule has 0 saturated heterocycles. The van der Waals surface area contributed by atoms with Gasteiger partial charge in [-0.05, 0) is 59.7 Å². The van der Waals surface area contributed by atoms with Crippen LogP contribution < -0.4 is 54.6 Å². The molecule has 0 fully saturated rings. The standard InChI is InChI=1S/C45H38B10N4O/c46-33-31(34(47)38(51)41(54)37(33)50)44-56-43(57-45(58-44)32-35(48)39(52)42(55)40(53)36(32)49)23-10-6-12-29-30(23)25-18-20(14-16-28(25)60-29)19-13-15-27-24(17-19)22-9-4-5-11-26(22)59(27)21-7-2-1-3-8-21/h1-18H,46-55H2. The highest BCUT2D eigenvalue weighted by molar-refractivity contribution is 6.70. The quantitative estimate of drug-likeness (QED) is 0.165. The molecule has 0 aliphatic rings. The third kappa shape index (κ3) is 5.73. The van der Waals surface area contributed by atoms with Crippen LogP contribution >= 0.6 is 0 Å². The van der Waals surface area contributed by atoms with Crippen molar-refractivity contribution in [2.24, 2.45) is 0 Å². The molecule has 0 N–H and O–H groups in total. The second kappa shape index (κ2) is 14.2. The monoisotopic (exact) mass is 760 g/mol. The van der Waals surface area contributed by atoms with Crippen LogP contribution in [0.15, 0.2) is 114 Å². The zero-order valence-electron chi connectivity index (χ0n) is 36.1. The van der Waals surface area contributed by atoms with E-state index < -0.39 is 0 Å². The zero-order valence-corrected chi connectivity index (χ0v) is 36.1. The summed E-state index contributed by atoms with van der Waals surface area (Å²) < 4.78 is 8.96. The van der Waals surface area contributed by atoms with Crippen molar-refractivity contribution in [1.82, 2.24) is 19.5 Å². The Labute approximate surface area is 359 Å². The van der Waals surface area contributed by atoms with Gasteiger partial charge in [0.2, 0.25) is 0 Å². The molecule has 0 bridgehead atoms. The summed E-state index contributed by atoms with van der Waals surface area (Å²) in [5, 5.41) is 4.46. The summed E-state index contributed by atoms with van der Waals surface area (Å²) in [7, 11) is 22.1. The number of aromatic nitrogens is 4. The van der Waals surface area contributed by atoms with Gasteiger partial charge in [0.25, 0.3) is 0 Å². The Kier molecular flexibility index (Phi) is 9.02. The van der Waals surface area contributed by atoms with Gasteiger partial charge in [0.1, 0.15) is 89.6 Å². The van der Waals surface area contributed by atoms with Gasteiger partial charge < -0.3 is 8.98 Å². The second-order valence-electron chi connectivity index (χ2n) is 16.7. The van der Waals surface area contributed by atoms with Crippen LogP contribution in [0.3, 0.4) is 0 Å². The Morgan fingerprint density at radius 3 is 1.50 bits per heavy atom. The molecular weight excluding hydrogens is 721 g/mol. The summed E-state index contributed by atoms with van der Waals surface area (Å²) in [6.07, 6.45) is 0. The van der Waals surface area contributed by atoms with E-state index in [1.54, 1.807) is 0 Å². The van der Waals surface area contributed by atoms with E-state index >= 15 is 0 Å². The van der Waals surface area contributed by atoms with E-state index in [-0.39, 0.29) is 0 Å². The van der Waals surface area contributed by atoms with Gasteiger partial charge in [-0.15, -0.1) is 32.8 Å². The predicted octanol–water partition coefficient (Wildman–Crippen LogP) is -5.88. The molecule has 0 aliphatic carbocycles. The van der Waals surface area contributed by atoms with Crippen LogP contribution in [0.5, 0.6) is 0 Å². The van der Waals surface area contributed by atoms with Crippen LogP contribution in [0.1, 0.15) is 0 Å². The fraction of sp³-hybridized carbons (Fsp3) is 0. The Morgan fingerprint density at radius 1 is 0.383 bits per heavy atom. The van der Waals surface area contributed by atoms with E-state index in [9.17, 15) is 0 Å². The van der Waals surface area contributed by atoms with Gasteiger partial charge in [0.05, 0.1) is 11.0 Å². The Hall–Kier alpha value is -6.20. The molecule has 0 spiro atoms. The number of hydrogen-bond donors (Lipinski definition) is 0. The normalized spacial score (nSPS) is 11.7. The van der Waals surface area contributed by atoms with Gasteiger partial charge in [0, 0.05) is 43.9 Å². The second-order valence-corrected chi connectivity index (χ2v) is 16.7. The molecule has 0 radical (unpaired) electrons. The number of nitrogens with zero attached hydrogens (tertiary/aromatic N) is 4. The van der Waals surface area contributed by atoms with Gasteiger partial charge in [-0.1, -0.05) is 82.5 Å². The van der Waals surface area contributed by atoms with Crippen LogP contribution in [0.4, 0.5) is 0 Å². The minimum atomic E-state index is 0.633. The van der Waals surface area contributed by atoms with Crippen molar-refractivity contribution < 1.29 is 4.42 Å². The number of para-hydroxylation sites is 2. The molecular formula is C45H38B10N4O. The molecule has 60 heavy (non-hydrogen) atoms. The van der Waals surface area contributed by atoms with Crippen LogP contribution in [0.2, 0.25) is 0 Å². The lowest BCUT2D eigenvalue weighted by Crippen LogP contribution is -2.55. The van der Waals surface area contributed by atoms with Crippen molar-refractivity contribution in [3.63, 3.8) is 0 Å². The molecule has 5 nitrogen and oxygen atoms in total. The summed E-state index contributed by atoms with van der Waals surface area (Å²) in [5.41, 5.74) is 23.0.